The average Bonchev–Trinajstić information content (AvgIpc) is 2.95. The SMILES string of the molecule is COc1ccc(OC)c(NC(=S)Nc2nc3cc(C)c(C)cc3s2)c1. The summed E-state index contributed by atoms with van der Waals surface area (Å²) in [7, 11) is 3.23. The minimum absolute atomic E-state index is 0.444. The zero-order chi connectivity index (χ0) is 18.0. The van der Waals surface area contributed by atoms with Crippen LogP contribution < -0.4 is 20.1 Å². The Morgan fingerprint density at radius 2 is 1.80 bits per heavy atom. The topological polar surface area (TPSA) is 55.4 Å². The van der Waals surface area contributed by atoms with Crippen molar-refractivity contribution < 1.29 is 9.47 Å². The van der Waals surface area contributed by atoms with E-state index in [1.807, 2.05) is 18.2 Å². The summed E-state index contributed by atoms with van der Waals surface area (Å²) < 4.78 is 11.7. The third-order valence-electron chi connectivity index (χ3n) is 3.88. The van der Waals surface area contributed by atoms with Gasteiger partial charge in [0.1, 0.15) is 11.5 Å². The molecule has 0 aliphatic heterocycles. The van der Waals surface area contributed by atoms with Crippen LogP contribution in [0.5, 0.6) is 11.5 Å². The lowest BCUT2D eigenvalue weighted by molar-refractivity contribution is 0.405. The number of methoxy groups -OCH3 is 2. The highest BCUT2D eigenvalue weighted by molar-refractivity contribution is 7.80. The van der Waals surface area contributed by atoms with Gasteiger partial charge in [-0.05, 0) is 61.5 Å². The number of ether oxygens (including phenoxy) is 2. The summed E-state index contributed by atoms with van der Waals surface area (Å²) in [5.41, 5.74) is 4.18. The monoisotopic (exact) mass is 373 g/mol. The zero-order valence-corrected chi connectivity index (χ0v) is 16.1. The standard InChI is InChI=1S/C18H19N3O2S2/c1-10-7-14-16(8-11(10)2)25-18(20-14)21-17(24)19-13-9-12(22-3)5-6-15(13)23-4/h5-9H,1-4H3,(H2,19,20,21,24). The summed E-state index contributed by atoms with van der Waals surface area (Å²) in [5.74, 6) is 1.40. The summed E-state index contributed by atoms with van der Waals surface area (Å²) >= 11 is 6.98. The number of benzene rings is 2. The molecule has 0 aliphatic carbocycles. The van der Waals surface area contributed by atoms with Gasteiger partial charge < -0.3 is 20.1 Å². The fraction of sp³-hybridized carbons (Fsp3) is 0.222. The molecule has 0 saturated heterocycles. The van der Waals surface area contributed by atoms with Crippen molar-refractivity contribution in [2.24, 2.45) is 0 Å². The first kappa shape index (κ1) is 17.4. The van der Waals surface area contributed by atoms with Gasteiger partial charge >= 0.3 is 0 Å². The number of aryl methyl sites for hydroxylation is 2. The minimum atomic E-state index is 0.444. The van der Waals surface area contributed by atoms with Crippen LogP contribution in [0.4, 0.5) is 10.8 Å². The van der Waals surface area contributed by atoms with Crippen LogP contribution in [0.15, 0.2) is 30.3 Å². The number of hydrogen-bond acceptors (Lipinski definition) is 5. The van der Waals surface area contributed by atoms with E-state index in [4.69, 9.17) is 21.7 Å². The zero-order valence-electron chi connectivity index (χ0n) is 14.5. The molecule has 1 heterocycles. The van der Waals surface area contributed by atoms with Crippen molar-refractivity contribution in [2.75, 3.05) is 24.9 Å². The highest BCUT2D eigenvalue weighted by Crippen LogP contribution is 2.30. The van der Waals surface area contributed by atoms with Crippen molar-refractivity contribution >= 4 is 49.7 Å². The predicted molar refractivity (Wildman–Crippen MR) is 108 cm³/mol. The molecule has 0 saturated carbocycles. The number of nitrogens with one attached hydrogen (secondary N) is 2. The Morgan fingerprint density at radius 3 is 2.52 bits per heavy atom. The number of nitrogens with zero attached hydrogens (tertiary/aromatic N) is 1. The summed E-state index contributed by atoms with van der Waals surface area (Å²) in [6.45, 7) is 4.19. The number of rotatable bonds is 4. The van der Waals surface area contributed by atoms with E-state index >= 15 is 0 Å². The van der Waals surface area contributed by atoms with Gasteiger partial charge in [-0.3, -0.25) is 0 Å². The van der Waals surface area contributed by atoms with Crippen LogP contribution in [0.2, 0.25) is 0 Å². The Kier molecular flexibility index (Phi) is 5.06. The van der Waals surface area contributed by atoms with Crippen LogP contribution in [0.1, 0.15) is 11.1 Å². The van der Waals surface area contributed by atoms with Gasteiger partial charge in [-0.1, -0.05) is 11.3 Å². The summed E-state index contributed by atoms with van der Waals surface area (Å²) in [4.78, 5) is 4.60. The summed E-state index contributed by atoms with van der Waals surface area (Å²) in [6, 6.07) is 9.73. The van der Waals surface area contributed by atoms with E-state index in [-0.39, 0.29) is 0 Å². The molecule has 0 radical (unpaired) electrons. The normalized spacial score (nSPS) is 10.6. The quantitative estimate of drug-likeness (QED) is 0.644. The molecule has 0 amide bonds. The van der Waals surface area contributed by atoms with E-state index in [1.54, 1.807) is 25.6 Å². The van der Waals surface area contributed by atoms with E-state index < -0.39 is 0 Å². The van der Waals surface area contributed by atoms with Crippen LogP contribution in [0.3, 0.4) is 0 Å². The van der Waals surface area contributed by atoms with Crippen molar-refractivity contribution in [3.63, 3.8) is 0 Å². The lowest BCUT2D eigenvalue weighted by atomic mass is 10.1. The molecule has 3 rings (SSSR count). The van der Waals surface area contributed by atoms with Gasteiger partial charge in [-0.15, -0.1) is 0 Å². The van der Waals surface area contributed by atoms with Gasteiger partial charge in [0.15, 0.2) is 10.2 Å². The molecule has 25 heavy (non-hydrogen) atoms. The predicted octanol–water partition coefficient (Wildman–Crippen LogP) is 4.74. The van der Waals surface area contributed by atoms with Gasteiger partial charge in [-0.25, -0.2) is 4.98 Å². The van der Waals surface area contributed by atoms with Gasteiger partial charge in [0.05, 0.1) is 30.1 Å². The summed E-state index contributed by atoms with van der Waals surface area (Å²) in [6.07, 6.45) is 0. The molecular formula is C18H19N3O2S2. The van der Waals surface area contributed by atoms with Gasteiger partial charge in [-0.2, -0.15) is 0 Å². The summed E-state index contributed by atoms with van der Waals surface area (Å²) in [5, 5.41) is 7.47. The molecule has 0 spiro atoms. The first-order chi connectivity index (χ1) is 12.0. The van der Waals surface area contributed by atoms with E-state index in [0.717, 1.165) is 26.8 Å². The maximum absolute atomic E-state index is 5.41. The Balaban J connectivity index is 1.79. The van der Waals surface area contributed by atoms with E-state index in [2.05, 4.69) is 41.6 Å². The second kappa shape index (κ2) is 7.25. The number of hydrogen-bond donors (Lipinski definition) is 2. The second-order valence-electron chi connectivity index (χ2n) is 5.57. The maximum atomic E-state index is 5.41. The number of aromatic nitrogens is 1. The first-order valence-electron chi connectivity index (χ1n) is 7.68. The molecule has 7 heteroatoms. The molecule has 5 nitrogen and oxygen atoms in total. The van der Waals surface area contributed by atoms with E-state index in [1.165, 1.54) is 11.1 Å². The maximum Gasteiger partial charge on any atom is 0.190 e. The lowest BCUT2D eigenvalue weighted by Crippen LogP contribution is -2.19. The van der Waals surface area contributed by atoms with Gasteiger partial charge in [0.2, 0.25) is 0 Å². The van der Waals surface area contributed by atoms with Crippen molar-refractivity contribution in [3.05, 3.63) is 41.5 Å². The second-order valence-corrected chi connectivity index (χ2v) is 7.01. The van der Waals surface area contributed by atoms with Crippen molar-refractivity contribution in [2.45, 2.75) is 13.8 Å². The van der Waals surface area contributed by atoms with Crippen LogP contribution in [-0.2, 0) is 0 Å². The Bertz CT molecular complexity index is 898. The molecule has 1 aromatic heterocycles. The molecule has 0 atom stereocenters. The fourth-order valence-electron chi connectivity index (χ4n) is 2.40. The van der Waals surface area contributed by atoms with Crippen molar-refractivity contribution in [3.8, 4) is 11.5 Å². The number of anilines is 2. The van der Waals surface area contributed by atoms with E-state index in [9.17, 15) is 0 Å². The lowest BCUT2D eigenvalue weighted by Gasteiger charge is -2.13. The molecule has 2 aromatic carbocycles. The molecule has 3 aromatic rings. The molecule has 0 fully saturated rings. The molecule has 130 valence electrons. The van der Waals surface area contributed by atoms with Crippen LogP contribution in [-0.4, -0.2) is 24.3 Å². The van der Waals surface area contributed by atoms with Gasteiger partial charge in [0, 0.05) is 6.07 Å². The molecule has 0 bridgehead atoms. The molecule has 0 unspecified atom stereocenters. The van der Waals surface area contributed by atoms with Crippen LogP contribution in [0.25, 0.3) is 10.2 Å². The number of thiazole rings is 1. The number of thiocarbonyl (C=S) groups is 1. The van der Waals surface area contributed by atoms with Crippen molar-refractivity contribution in [1.82, 2.24) is 4.98 Å². The molecular weight excluding hydrogens is 354 g/mol. The van der Waals surface area contributed by atoms with Gasteiger partial charge in [0.25, 0.3) is 0 Å². The van der Waals surface area contributed by atoms with Crippen LogP contribution in [0, 0.1) is 13.8 Å². The highest BCUT2D eigenvalue weighted by Gasteiger charge is 2.10. The largest absolute Gasteiger partial charge is 0.497 e. The molecule has 0 aliphatic rings. The Labute approximate surface area is 156 Å². The van der Waals surface area contributed by atoms with Crippen molar-refractivity contribution in [1.29, 1.82) is 0 Å². The van der Waals surface area contributed by atoms with Crippen LogP contribution >= 0.6 is 23.6 Å². The Hall–Kier alpha value is -2.38. The first-order valence-corrected chi connectivity index (χ1v) is 8.90. The highest BCUT2D eigenvalue weighted by atomic mass is 32.1. The fourth-order valence-corrected chi connectivity index (χ4v) is 3.62. The third kappa shape index (κ3) is 3.83. The molecule has 2 N–H and O–H groups in total. The number of fused-ring (bicyclic) bond motifs is 1. The Morgan fingerprint density at radius 1 is 1.04 bits per heavy atom. The average molecular weight is 374 g/mol. The smallest absolute Gasteiger partial charge is 0.190 e. The minimum Gasteiger partial charge on any atom is -0.497 e. The van der Waals surface area contributed by atoms with E-state index in [0.29, 0.717) is 10.9 Å². The third-order valence-corrected chi connectivity index (χ3v) is 5.02.